The van der Waals surface area contributed by atoms with Gasteiger partial charge in [0.05, 0.1) is 0 Å². The van der Waals surface area contributed by atoms with E-state index >= 15 is 0 Å². The van der Waals surface area contributed by atoms with Crippen LogP contribution in [0.15, 0.2) is 193 Å². The Morgan fingerprint density at radius 2 is 1.26 bits per heavy atom. The monoisotopic (exact) mass is 592 g/mol. The van der Waals surface area contributed by atoms with E-state index in [0.29, 0.717) is 17.8 Å². The molecule has 0 fully saturated rings. The zero-order valence-electron chi connectivity index (χ0n) is 26.3. The minimum absolute atomic E-state index is 0.239. The molecule has 0 heterocycles. The Bertz CT molecular complexity index is 2020. The number of benzene rings is 2. The highest BCUT2D eigenvalue weighted by molar-refractivity contribution is 5.79. The molecular weight excluding hydrogens is 553 g/mol. The van der Waals surface area contributed by atoms with Crippen LogP contribution < -0.4 is 10.4 Å². The molecule has 0 bridgehead atoms. The van der Waals surface area contributed by atoms with E-state index in [0.717, 1.165) is 19.3 Å². The van der Waals surface area contributed by atoms with Gasteiger partial charge in [-0.15, -0.1) is 0 Å². The summed E-state index contributed by atoms with van der Waals surface area (Å²) in [6.07, 6.45) is 49.6. The predicted octanol–water partition coefficient (Wildman–Crippen LogP) is 9.63. The summed E-state index contributed by atoms with van der Waals surface area (Å²) in [5.74, 6) is 1.85. The molecule has 2 aromatic rings. The Kier molecular flexibility index (Phi) is 7.95. The first-order chi connectivity index (χ1) is 22.8. The zero-order valence-corrected chi connectivity index (χ0v) is 26.3. The van der Waals surface area contributed by atoms with Crippen LogP contribution in [0.1, 0.15) is 24.8 Å². The van der Waals surface area contributed by atoms with Crippen LogP contribution in [0.3, 0.4) is 0 Å². The van der Waals surface area contributed by atoms with Crippen LogP contribution >= 0.6 is 0 Å². The summed E-state index contributed by atoms with van der Waals surface area (Å²) in [5, 5.41) is 2.76. The van der Waals surface area contributed by atoms with Crippen molar-refractivity contribution in [1.29, 1.82) is 0 Å². The van der Waals surface area contributed by atoms with Crippen molar-refractivity contribution < 1.29 is 0 Å². The Balaban J connectivity index is 1.26. The zero-order chi connectivity index (χ0) is 30.7. The van der Waals surface area contributed by atoms with Gasteiger partial charge in [-0.05, 0) is 80.5 Å². The van der Waals surface area contributed by atoms with Crippen LogP contribution in [0, 0.1) is 29.6 Å². The third kappa shape index (κ3) is 5.54. The average molecular weight is 593 g/mol. The summed E-state index contributed by atoms with van der Waals surface area (Å²) in [6.45, 7) is 0. The fourth-order valence-electron chi connectivity index (χ4n) is 8.19. The minimum atomic E-state index is 0.239. The van der Waals surface area contributed by atoms with Gasteiger partial charge in [-0.1, -0.05) is 176 Å². The molecular formula is C46H40. The topological polar surface area (TPSA) is 0 Å². The van der Waals surface area contributed by atoms with E-state index in [4.69, 9.17) is 0 Å². The van der Waals surface area contributed by atoms with Crippen molar-refractivity contribution in [2.45, 2.75) is 19.3 Å². The molecule has 46 heavy (non-hydrogen) atoms. The maximum Gasteiger partial charge on any atom is 0.0128 e. The summed E-state index contributed by atoms with van der Waals surface area (Å²) >= 11 is 0. The van der Waals surface area contributed by atoms with Gasteiger partial charge in [0.15, 0.2) is 0 Å². The van der Waals surface area contributed by atoms with Gasteiger partial charge >= 0.3 is 0 Å². The summed E-state index contributed by atoms with van der Waals surface area (Å²) in [7, 11) is 0. The molecule has 6 aliphatic rings. The van der Waals surface area contributed by atoms with Gasteiger partial charge in [0.2, 0.25) is 0 Å². The number of allylic oxidation sites excluding steroid dienone is 24. The van der Waals surface area contributed by atoms with E-state index in [1.807, 2.05) is 0 Å². The number of fused-ring (bicyclic) bond motifs is 3. The van der Waals surface area contributed by atoms with Gasteiger partial charge in [0, 0.05) is 17.8 Å². The lowest BCUT2D eigenvalue weighted by Crippen LogP contribution is -2.36. The van der Waals surface area contributed by atoms with E-state index in [9.17, 15) is 0 Å². The largest absolute Gasteiger partial charge is 0.0839 e. The highest BCUT2D eigenvalue weighted by Crippen LogP contribution is 2.46. The van der Waals surface area contributed by atoms with Crippen LogP contribution in [0.4, 0.5) is 0 Å². The van der Waals surface area contributed by atoms with Crippen LogP contribution in [0.5, 0.6) is 0 Å². The van der Waals surface area contributed by atoms with E-state index < -0.39 is 0 Å². The first-order valence-corrected chi connectivity index (χ1v) is 16.9. The molecule has 0 spiro atoms. The number of hydrogen-bond donors (Lipinski definition) is 0. The molecule has 8 rings (SSSR count). The third-order valence-electron chi connectivity index (χ3n) is 10.4. The Morgan fingerprint density at radius 1 is 0.543 bits per heavy atom. The second kappa shape index (κ2) is 12.8. The molecule has 224 valence electrons. The summed E-state index contributed by atoms with van der Waals surface area (Å²) < 4.78 is 0. The molecule has 0 saturated carbocycles. The van der Waals surface area contributed by atoms with Gasteiger partial charge in [-0.2, -0.15) is 0 Å². The van der Waals surface area contributed by atoms with Gasteiger partial charge in [0.1, 0.15) is 0 Å². The summed E-state index contributed by atoms with van der Waals surface area (Å²) in [5.41, 5.74) is 9.89. The van der Waals surface area contributed by atoms with Crippen LogP contribution in [-0.2, 0) is 0 Å². The van der Waals surface area contributed by atoms with E-state index in [1.54, 1.807) is 0 Å². The van der Waals surface area contributed by atoms with Crippen LogP contribution in [-0.4, -0.2) is 0 Å². The van der Waals surface area contributed by atoms with E-state index in [-0.39, 0.29) is 11.8 Å². The van der Waals surface area contributed by atoms with Crippen LogP contribution in [0.2, 0.25) is 0 Å². The minimum Gasteiger partial charge on any atom is -0.0839 e. The van der Waals surface area contributed by atoms with Crippen molar-refractivity contribution in [3.05, 3.63) is 209 Å². The average Bonchev–Trinajstić information content (AvgIpc) is 3.13. The molecule has 0 aromatic heterocycles. The molecule has 5 atom stereocenters. The Hall–Kier alpha value is -4.94. The molecule has 5 unspecified atom stereocenters. The standard InChI is InChI=1S/C46H40/c1-2-10-24-45(46-32-35-21-11-12-23-39(35)41-25-14-16-28-44(41)46)43-27-15-13-26-42(43)40(22-9-1)38-30-36(33-17-5-3-6-18-33)29-37(31-38)34-19-7-4-8-20-34/h1-19,21-30,34-35,37,42-43H,20,31-32H2/b9-1-,10-2-,40-22+,45-24-. The van der Waals surface area contributed by atoms with Crippen molar-refractivity contribution in [3.8, 4) is 0 Å². The van der Waals surface area contributed by atoms with Gasteiger partial charge in [-0.3, -0.25) is 0 Å². The van der Waals surface area contributed by atoms with Gasteiger partial charge in [0.25, 0.3) is 0 Å². The summed E-state index contributed by atoms with van der Waals surface area (Å²) in [4.78, 5) is 0. The predicted molar refractivity (Wildman–Crippen MR) is 196 cm³/mol. The lowest BCUT2D eigenvalue weighted by atomic mass is 9.68. The molecule has 0 N–H and O–H groups in total. The second-order valence-electron chi connectivity index (χ2n) is 13.1. The molecule has 6 aliphatic carbocycles. The molecule has 0 saturated heterocycles. The van der Waals surface area contributed by atoms with Gasteiger partial charge in [-0.25, -0.2) is 0 Å². The van der Waals surface area contributed by atoms with Crippen molar-refractivity contribution in [2.75, 3.05) is 0 Å². The normalized spacial score (nSPS) is 31.3. The maximum atomic E-state index is 2.54. The third-order valence-corrected chi connectivity index (χ3v) is 10.4. The molecule has 0 nitrogen and oxygen atoms in total. The van der Waals surface area contributed by atoms with Crippen LogP contribution in [0.25, 0.3) is 16.7 Å². The first kappa shape index (κ1) is 28.5. The molecule has 0 radical (unpaired) electrons. The van der Waals surface area contributed by atoms with Gasteiger partial charge < -0.3 is 0 Å². The lowest BCUT2D eigenvalue weighted by molar-refractivity contribution is 0.466. The van der Waals surface area contributed by atoms with E-state index in [1.165, 1.54) is 49.4 Å². The van der Waals surface area contributed by atoms with Crippen molar-refractivity contribution in [1.82, 2.24) is 0 Å². The fraction of sp³-hybridized carbons (Fsp3) is 0.174. The highest BCUT2D eigenvalue weighted by atomic mass is 14.4. The van der Waals surface area contributed by atoms with E-state index in [2.05, 4.69) is 176 Å². The highest BCUT2D eigenvalue weighted by Gasteiger charge is 2.33. The van der Waals surface area contributed by atoms with Crippen molar-refractivity contribution in [3.63, 3.8) is 0 Å². The molecule has 0 heteroatoms. The van der Waals surface area contributed by atoms with Crippen molar-refractivity contribution >= 4 is 16.7 Å². The Labute approximate surface area is 273 Å². The number of hydrogen-bond acceptors (Lipinski definition) is 0. The summed E-state index contributed by atoms with van der Waals surface area (Å²) in [6, 6.07) is 20.0. The maximum absolute atomic E-state index is 2.54. The quantitative estimate of drug-likeness (QED) is 0.332. The number of rotatable bonds is 4. The van der Waals surface area contributed by atoms with Crippen molar-refractivity contribution in [2.24, 2.45) is 29.6 Å². The fourth-order valence-corrected chi connectivity index (χ4v) is 8.19. The lowest BCUT2D eigenvalue weighted by Gasteiger charge is -2.36. The Morgan fingerprint density at radius 3 is 2.07 bits per heavy atom. The molecule has 0 amide bonds. The SMILES string of the molecule is C1=CCC(C2C=C(c3ccccc3)C=C(\C3=C/C=C\C=C/C=C(\C4=c5ccccc5=C5C=CC=CC5C4)C4C=CC=CC34)C2)C=C1. The first-order valence-electron chi connectivity index (χ1n) is 16.9. The molecule has 2 aromatic carbocycles. The molecule has 0 aliphatic heterocycles. The second-order valence-corrected chi connectivity index (χ2v) is 13.1. The smallest absolute Gasteiger partial charge is 0.0128 e.